The fourth-order valence-corrected chi connectivity index (χ4v) is 3.85. The van der Waals surface area contributed by atoms with Crippen LogP contribution < -0.4 is 5.32 Å². The van der Waals surface area contributed by atoms with Gasteiger partial charge in [-0.2, -0.15) is 0 Å². The van der Waals surface area contributed by atoms with Crippen LogP contribution in [-0.4, -0.2) is 24.0 Å². The molecule has 128 valence electrons. The van der Waals surface area contributed by atoms with Gasteiger partial charge >= 0.3 is 0 Å². The molecule has 1 N–H and O–H groups in total. The van der Waals surface area contributed by atoms with Gasteiger partial charge in [-0.3, -0.25) is 14.4 Å². The maximum absolute atomic E-state index is 12.8. The molecule has 0 spiro atoms. The van der Waals surface area contributed by atoms with Crippen LogP contribution in [0.15, 0.2) is 12.1 Å². The third-order valence-corrected chi connectivity index (χ3v) is 5.20. The standard InChI is InChI=1S/C20H25NO3/c1-11-6-12(2)18(13(3)7-11)19-16(22)8-15(20(19)24)9-17(23)21-10-14-4-5-14/h6-7,14-15,19H,4-5,8-10H2,1-3H3,(H,21,23). The van der Waals surface area contributed by atoms with Crippen LogP contribution in [0.2, 0.25) is 0 Å². The zero-order valence-corrected chi connectivity index (χ0v) is 14.6. The molecule has 0 saturated heterocycles. The van der Waals surface area contributed by atoms with Crippen molar-refractivity contribution in [3.63, 3.8) is 0 Å². The van der Waals surface area contributed by atoms with Crippen LogP contribution in [0, 0.1) is 32.6 Å². The molecular formula is C20H25NO3. The summed E-state index contributed by atoms with van der Waals surface area (Å²) in [6, 6.07) is 4.02. The van der Waals surface area contributed by atoms with Gasteiger partial charge in [0.1, 0.15) is 11.7 Å². The fraction of sp³-hybridized carbons (Fsp3) is 0.550. The molecule has 2 saturated carbocycles. The number of Topliss-reactive ketones (excluding diaryl/α,β-unsaturated/α-hetero) is 2. The van der Waals surface area contributed by atoms with Crippen molar-refractivity contribution in [3.8, 4) is 0 Å². The second kappa shape index (κ2) is 6.50. The number of hydrogen-bond donors (Lipinski definition) is 1. The zero-order valence-electron chi connectivity index (χ0n) is 14.6. The first-order valence-corrected chi connectivity index (χ1v) is 8.77. The molecule has 1 aromatic carbocycles. The average molecular weight is 327 g/mol. The first kappa shape index (κ1) is 16.9. The third kappa shape index (κ3) is 3.42. The third-order valence-electron chi connectivity index (χ3n) is 5.20. The highest BCUT2D eigenvalue weighted by atomic mass is 16.2. The Morgan fingerprint density at radius 2 is 1.75 bits per heavy atom. The summed E-state index contributed by atoms with van der Waals surface area (Å²) >= 11 is 0. The monoisotopic (exact) mass is 327 g/mol. The number of hydrogen-bond acceptors (Lipinski definition) is 3. The second-order valence-electron chi connectivity index (χ2n) is 7.47. The highest BCUT2D eigenvalue weighted by molar-refractivity contribution is 6.15. The summed E-state index contributed by atoms with van der Waals surface area (Å²) in [5.41, 5.74) is 3.94. The number of carbonyl (C=O) groups excluding carboxylic acids is 3. The Balaban J connectivity index is 1.73. The van der Waals surface area contributed by atoms with E-state index in [0.29, 0.717) is 12.5 Å². The Morgan fingerprint density at radius 3 is 2.33 bits per heavy atom. The number of rotatable bonds is 5. The van der Waals surface area contributed by atoms with Crippen LogP contribution in [0.4, 0.5) is 0 Å². The van der Waals surface area contributed by atoms with Crippen LogP contribution in [0.5, 0.6) is 0 Å². The number of benzene rings is 1. The molecule has 0 bridgehead atoms. The quantitative estimate of drug-likeness (QED) is 0.846. The average Bonchev–Trinajstić information content (AvgIpc) is 3.27. The lowest BCUT2D eigenvalue weighted by Gasteiger charge is -2.16. The van der Waals surface area contributed by atoms with Gasteiger partial charge in [0.05, 0.1) is 0 Å². The molecule has 1 aromatic rings. The lowest BCUT2D eigenvalue weighted by molar-refractivity contribution is -0.128. The number of amides is 1. The Kier molecular flexibility index (Phi) is 4.57. The smallest absolute Gasteiger partial charge is 0.220 e. The molecular weight excluding hydrogens is 302 g/mol. The van der Waals surface area contributed by atoms with Gasteiger partial charge in [-0.1, -0.05) is 17.7 Å². The van der Waals surface area contributed by atoms with E-state index < -0.39 is 11.8 Å². The van der Waals surface area contributed by atoms with Gasteiger partial charge in [0.15, 0.2) is 5.78 Å². The fourth-order valence-electron chi connectivity index (χ4n) is 3.85. The van der Waals surface area contributed by atoms with Crippen LogP contribution in [0.25, 0.3) is 0 Å². The summed E-state index contributed by atoms with van der Waals surface area (Å²) in [4.78, 5) is 37.3. The van der Waals surface area contributed by atoms with Gasteiger partial charge in [0, 0.05) is 25.3 Å². The Bertz CT molecular complexity index is 680. The molecule has 2 aliphatic carbocycles. The SMILES string of the molecule is Cc1cc(C)c(C2C(=O)CC(CC(=O)NCC3CC3)C2=O)c(C)c1. The van der Waals surface area contributed by atoms with Crippen molar-refractivity contribution in [3.05, 3.63) is 34.4 Å². The molecule has 3 rings (SSSR count). The lowest BCUT2D eigenvalue weighted by Crippen LogP contribution is -2.29. The molecule has 0 aromatic heterocycles. The largest absolute Gasteiger partial charge is 0.356 e. The molecule has 2 aliphatic rings. The van der Waals surface area contributed by atoms with E-state index >= 15 is 0 Å². The first-order chi connectivity index (χ1) is 11.4. The molecule has 2 fully saturated rings. The minimum absolute atomic E-state index is 0.0463. The van der Waals surface area contributed by atoms with Crippen LogP contribution >= 0.6 is 0 Å². The molecule has 4 nitrogen and oxygen atoms in total. The van der Waals surface area contributed by atoms with E-state index in [9.17, 15) is 14.4 Å². The first-order valence-electron chi connectivity index (χ1n) is 8.77. The molecule has 2 unspecified atom stereocenters. The number of nitrogens with one attached hydrogen (secondary N) is 1. The van der Waals surface area contributed by atoms with Crippen molar-refractivity contribution in [1.29, 1.82) is 0 Å². The highest BCUT2D eigenvalue weighted by Gasteiger charge is 2.43. The number of ketones is 2. The van der Waals surface area contributed by atoms with E-state index in [1.165, 1.54) is 12.8 Å². The number of carbonyl (C=O) groups is 3. The van der Waals surface area contributed by atoms with Crippen molar-refractivity contribution in [2.45, 2.75) is 52.4 Å². The van der Waals surface area contributed by atoms with E-state index in [0.717, 1.165) is 22.3 Å². The van der Waals surface area contributed by atoms with E-state index in [2.05, 4.69) is 5.32 Å². The van der Waals surface area contributed by atoms with Crippen molar-refractivity contribution in [2.75, 3.05) is 6.54 Å². The van der Waals surface area contributed by atoms with Gasteiger partial charge in [0.2, 0.25) is 5.91 Å². The predicted octanol–water partition coefficient (Wildman–Crippen LogP) is 2.77. The maximum Gasteiger partial charge on any atom is 0.220 e. The lowest BCUT2D eigenvalue weighted by atomic mass is 9.86. The summed E-state index contributed by atoms with van der Waals surface area (Å²) in [6.07, 6.45) is 2.68. The molecule has 2 atom stereocenters. The van der Waals surface area contributed by atoms with Crippen LogP contribution in [0.3, 0.4) is 0 Å². The minimum atomic E-state index is -0.688. The Morgan fingerprint density at radius 1 is 1.12 bits per heavy atom. The number of aryl methyl sites for hydroxylation is 3. The van der Waals surface area contributed by atoms with Crippen molar-refractivity contribution < 1.29 is 14.4 Å². The van der Waals surface area contributed by atoms with Crippen LogP contribution in [-0.2, 0) is 14.4 Å². The van der Waals surface area contributed by atoms with E-state index in [1.54, 1.807) is 0 Å². The molecule has 1 amide bonds. The van der Waals surface area contributed by atoms with Gasteiger partial charge in [-0.05, 0) is 56.2 Å². The van der Waals surface area contributed by atoms with E-state index in [-0.39, 0.29) is 30.3 Å². The predicted molar refractivity (Wildman–Crippen MR) is 91.9 cm³/mol. The molecule has 24 heavy (non-hydrogen) atoms. The zero-order chi connectivity index (χ0) is 17.4. The molecule has 0 heterocycles. The van der Waals surface area contributed by atoms with Gasteiger partial charge in [-0.25, -0.2) is 0 Å². The summed E-state index contributed by atoms with van der Waals surface area (Å²) in [6.45, 7) is 6.61. The minimum Gasteiger partial charge on any atom is -0.356 e. The summed E-state index contributed by atoms with van der Waals surface area (Å²) < 4.78 is 0. The summed E-state index contributed by atoms with van der Waals surface area (Å²) in [7, 11) is 0. The highest BCUT2D eigenvalue weighted by Crippen LogP contribution is 2.37. The Hall–Kier alpha value is -1.97. The van der Waals surface area contributed by atoms with Gasteiger partial charge in [0.25, 0.3) is 0 Å². The molecule has 4 heteroatoms. The van der Waals surface area contributed by atoms with E-state index in [4.69, 9.17) is 0 Å². The van der Waals surface area contributed by atoms with Crippen molar-refractivity contribution in [2.24, 2.45) is 11.8 Å². The normalized spacial score (nSPS) is 23.6. The van der Waals surface area contributed by atoms with Crippen LogP contribution in [0.1, 0.15) is 53.9 Å². The topological polar surface area (TPSA) is 63.2 Å². The van der Waals surface area contributed by atoms with Gasteiger partial charge < -0.3 is 5.32 Å². The molecule has 0 aliphatic heterocycles. The summed E-state index contributed by atoms with van der Waals surface area (Å²) in [5, 5.41) is 2.89. The Labute approximate surface area is 143 Å². The molecule has 0 radical (unpaired) electrons. The van der Waals surface area contributed by atoms with E-state index in [1.807, 2.05) is 32.9 Å². The second-order valence-corrected chi connectivity index (χ2v) is 7.47. The maximum atomic E-state index is 12.8. The van der Waals surface area contributed by atoms with Crippen molar-refractivity contribution in [1.82, 2.24) is 5.32 Å². The summed E-state index contributed by atoms with van der Waals surface area (Å²) in [5.74, 6) is -0.785. The van der Waals surface area contributed by atoms with Crippen molar-refractivity contribution >= 4 is 17.5 Å². The van der Waals surface area contributed by atoms with Gasteiger partial charge in [-0.15, -0.1) is 0 Å².